The molecule has 1 aromatic carbocycles. The Balaban J connectivity index is 2.25. The van der Waals surface area contributed by atoms with E-state index in [0.29, 0.717) is 10.3 Å². The zero-order valence-corrected chi connectivity index (χ0v) is 10.7. The predicted octanol–water partition coefficient (Wildman–Crippen LogP) is 2.82. The van der Waals surface area contributed by atoms with E-state index in [1.165, 1.54) is 18.3 Å². The number of nitrogens with zero attached hydrogens (tertiary/aromatic N) is 1. The Hall–Kier alpha value is -1.95. The number of carbonyl (C=O) groups excluding carboxylic acids is 1. The summed E-state index contributed by atoms with van der Waals surface area (Å²) >= 11 is 3.24. The molecule has 0 saturated heterocycles. The van der Waals surface area contributed by atoms with Gasteiger partial charge in [0.05, 0.1) is 10.0 Å². The molecule has 3 N–H and O–H groups in total. The summed E-state index contributed by atoms with van der Waals surface area (Å²) in [6, 6.07) is 7.33. The molecule has 1 heterocycles. The van der Waals surface area contributed by atoms with E-state index in [4.69, 9.17) is 5.73 Å². The van der Waals surface area contributed by atoms with E-state index in [1.54, 1.807) is 12.1 Å². The second kappa shape index (κ2) is 5.14. The van der Waals surface area contributed by atoms with E-state index >= 15 is 0 Å². The average molecular weight is 310 g/mol. The highest BCUT2D eigenvalue weighted by Gasteiger charge is 2.13. The van der Waals surface area contributed by atoms with Gasteiger partial charge in [0, 0.05) is 11.9 Å². The second-order valence-corrected chi connectivity index (χ2v) is 4.38. The lowest BCUT2D eigenvalue weighted by Gasteiger charge is -2.07. The molecular weight excluding hydrogens is 301 g/mol. The van der Waals surface area contributed by atoms with Crippen LogP contribution >= 0.6 is 15.9 Å². The lowest BCUT2D eigenvalue weighted by molar-refractivity contribution is 0.102. The molecule has 1 amide bonds. The Labute approximate surface area is 111 Å². The van der Waals surface area contributed by atoms with Gasteiger partial charge in [-0.05, 0) is 46.3 Å². The van der Waals surface area contributed by atoms with E-state index in [1.807, 2.05) is 0 Å². The van der Waals surface area contributed by atoms with Gasteiger partial charge in [-0.25, -0.2) is 9.37 Å². The third-order valence-electron chi connectivity index (χ3n) is 2.23. The van der Waals surface area contributed by atoms with Crippen molar-refractivity contribution in [1.29, 1.82) is 0 Å². The van der Waals surface area contributed by atoms with E-state index in [-0.39, 0.29) is 11.3 Å². The molecule has 4 nitrogen and oxygen atoms in total. The molecule has 0 aliphatic heterocycles. The molecule has 92 valence electrons. The van der Waals surface area contributed by atoms with Crippen LogP contribution in [0.1, 0.15) is 10.4 Å². The molecule has 6 heteroatoms. The lowest BCUT2D eigenvalue weighted by Crippen LogP contribution is -2.15. The summed E-state index contributed by atoms with van der Waals surface area (Å²) < 4.78 is 14.2. The molecule has 0 aliphatic carbocycles. The second-order valence-electron chi connectivity index (χ2n) is 3.53. The average Bonchev–Trinajstić information content (AvgIpc) is 2.32. The van der Waals surface area contributed by atoms with Gasteiger partial charge in [0.1, 0.15) is 11.6 Å². The number of pyridine rings is 1. The summed E-state index contributed by atoms with van der Waals surface area (Å²) in [5, 5.41) is 2.51. The minimum absolute atomic E-state index is 0.0817. The Kier molecular flexibility index (Phi) is 3.57. The fourth-order valence-electron chi connectivity index (χ4n) is 1.37. The molecule has 0 unspecified atom stereocenters. The van der Waals surface area contributed by atoms with Gasteiger partial charge in [-0.1, -0.05) is 0 Å². The fraction of sp³-hybridized carbons (Fsp3) is 0. The lowest BCUT2D eigenvalue weighted by atomic mass is 10.2. The van der Waals surface area contributed by atoms with Gasteiger partial charge in [0.25, 0.3) is 5.91 Å². The minimum Gasteiger partial charge on any atom is -0.399 e. The van der Waals surface area contributed by atoms with E-state index < -0.39 is 11.7 Å². The SMILES string of the molecule is Nc1ccc(C(=O)Nc2ncccc2Br)c(F)c1. The van der Waals surface area contributed by atoms with Crippen molar-refractivity contribution in [3.8, 4) is 0 Å². The zero-order valence-electron chi connectivity index (χ0n) is 9.15. The number of rotatable bonds is 2. The smallest absolute Gasteiger partial charge is 0.259 e. The van der Waals surface area contributed by atoms with Crippen LogP contribution in [-0.2, 0) is 0 Å². The van der Waals surface area contributed by atoms with Crippen LogP contribution < -0.4 is 11.1 Å². The van der Waals surface area contributed by atoms with Gasteiger partial charge in [0.15, 0.2) is 0 Å². The molecule has 18 heavy (non-hydrogen) atoms. The van der Waals surface area contributed by atoms with Crippen molar-refractivity contribution in [3.63, 3.8) is 0 Å². The number of aromatic nitrogens is 1. The molecular formula is C12H9BrFN3O. The highest BCUT2D eigenvalue weighted by atomic mass is 79.9. The van der Waals surface area contributed by atoms with Crippen LogP contribution in [0, 0.1) is 5.82 Å². The highest BCUT2D eigenvalue weighted by Crippen LogP contribution is 2.20. The first-order valence-electron chi connectivity index (χ1n) is 5.05. The normalized spacial score (nSPS) is 10.1. The van der Waals surface area contributed by atoms with Crippen LogP contribution in [0.3, 0.4) is 0 Å². The predicted molar refractivity (Wildman–Crippen MR) is 70.7 cm³/mol. The molecule has 2 rings (SSSR count). The highest BCUT2D eigenvalue weighted by molar-refractivity contribution is 9.10. The summed E-state index contributed by atoms with van der Waals surface area (Å²) in [5.74, 6) is -0.912. The Morgan fingerprint density at radius 1 is 1.39 bits per heavy atom. The van der Waals surface area contributed by atoms with Crippen LogP contribution in [0.5, 0.6) is 0 Å². The maximum absolute atomic E-state index is 13.5. The maximum atomic E-state index is 13.5. The fourth-order valence-corrected chi connectivity index (χ4v) is 1.72. The number of hydrogen-bond acceptors (Lipinski definition) is 3. The van der Waals surface area contributed by atoms with Crippen molar-refractivity contribution in [1.82, 2.24) is 4.98 Å². The number of nitrogens with one attached hydrogen (secondary N) is 1. The third-order valence-corrected chi connectivity index (χ3v) is 2.87. The van der Waals surface area contributed by atoms with Crippen LogP contribution in [0.25, 0.3) is 0 Å². The Morgan fingerprint density at radius 2 is 2.17 bits per heavy atom. The summed E-state index contributed by atoms with van der Waals surface area (Å²) in [4.78, 5) is 15.8. The Bertz CT molecular complexity index is 604. The van der Waals surface area contributed by atoms with Gasteiger partial charge in [-0.2, -0.15) is 0 Å². The van der Waals surface area contributed by atoms with E-state index in [9.17, 15) is 9.18 Å². The van der Waals surface area contributed by atoms with Crippen molar-refractivity contribution >= 4 is 33.3 Å². The van der Waals surface area contributed by atoms with Crippen molar-refractivity contribution in [3.05, 3.63) is 52.4 Å². The molecule has 2 aromatic rings. The minimum atomic E-state index is -0.667. The molecule has 0 fully saturated rings. The van der Waals surface area contributed by atoms with Crippen molar-refractivity contribution in [2.24, 2.45) is 0 Å². The van der Waals surface area contributed by atoms with E-state index in [0.717, 1.165) is 6.07 Å². The number of anilines is 2. The molecule has 1 aromatic heterocycles. The molecule has 0 aliphatic rings. The molecule has 0 bridgehead atoms. The van der Waals surface area contributed by atoms with Gasteiger partial charge in [0.2, 0.25) is 0 Å². The van der Waals surface area contributed by atoms with E-state index in [2.05, 4.69) is 26.2 Å². The van der Waals surface area contributed by atoms with Gasteiger partial charge in [-0.15, -0.1) is 0 Å². The van der Waals surface area contributed by atoms with Gasteiger partial charge >= 0.3 is 0 Å². The summed E-state index contributed by atoms with van der Waals surface area (Å²) in [7, 11) is 0. The standard InChI is InChI=1S/C12H9BrFN3O/c13-9-2-1-5-16-11(9)17-12(18)8-4-3-7(15)6-10(8)14/h1-6H,15H2,(H,16,17,18). The topological polar surface area (TPSA) is 68.0 Å². The van der Waals surface area contributed by atoms with Crippen LogP contribution in [0.15, 0.2) is 41.0 Å². The summed E-state index contributed by atoms with van der Waals surface area (Å²) in [6.45, 7) is 0. The number of benzene rings is 1. The number of carbonyl (C=O) groups is 1. The van der Waals surface area contributed by atoms with Crippen LogP contribution in [0.2, 0.25) is 0 Å². The largest absolute Gasteiger partial charge is 0.399 e. The number of amides is 1. The van der Waals surface area contributed by atoms with Gasteiger partial charge in [-0.3, -0.25) is 4.79 Å². The quantitative estimate of drug-likeness (QED) is 0.838. The first-order valence-corrected chi connectivity index (χ1v) is 5.84. The van der Waals surface area contributed by atoms with Crippen LogP contribution in [0.4, 0.5) is 15.9 Å². The molecule has 0 atom stereocenters. The Morgan fingerprint density at radius 3 is 2.83 bits per heavy atom. The summed E-state index contributed by atoms with van der Waals surface area (Å²) in [5.41, 5.74) is 5.60. The van der Waals surface area contributed by atoms with Crippen molar-refractivity contribution < 1.29 is 9.18 Å². The van der Waals surface area contributed by atoms with Crippen LogP contribution in [-0.4, -0.2) is 10.9 Å². The number of halogens is 2. The van der Waals surface area contributed by atoms with Gasteiger partial charge < -0.3 is 11.1 Å². The zero-order chi connectivity index (χ0) is 13.1. The number of hydrogen-bond donors (Lipinski definition) is 2. The van der Waals surface area contributed by atoms with Crippen molar-refractivity contribution in [2.75, 3.05) is 11.1 Å². The number of nitrogen functional groups attached to an aromatic ring is 1. The monoisotopic (exact) mass is 309 g/mol. The third kappa shape index (κ3) is 2.65. The molecule has 0 saturated carbocycles. The maximum Gasteiger partial charge on any atom is 0.259 e. The molecule has 0 spiro atoms. The first kappa shape index (κ1) is 12.5. The molecule has 0 radical (unpaired) electrons. The first-order chi connectivity index (χ1) is 8.58. The summed E-state index contributed by atoms with van der Waals surface area (Å²) in [6.07, 6.45) is 1.53. The van der Waals surface area contributed by atoms with Crippen molar-refractivity contribution in [2.45, 2.75) is 0 Å². The number of nitrogens with two attached hydrogens (primary N) is 1.